The first-order chi connectivity index (χ1) is 9.29. The molecule has 1 atom stereocenters. The smallest absolute Gasteiger partial charge is 0.0469 e. The number of nitrogens with zero attached hydrogens (tertiary/aromatic N) is 1. The topological polar surface area (TPSA) is 17.0 Å². The Morgan fingerprint density at radius 3 is 2.63 bits per heavy atom. The number of aromatic nitrogens is 1. The van der Waals surface area contributed by atoms with Crippen molar-refractivity contribution in [1.29, 1.82) is 0 Å². The Kier molecular flexibility index (Phi) is 5.08. The lowest BCUT2D eigenvalue weighted by Gasteiger charge is -2.16. The maximum Gasteiger partial charge on any atom is 0.0469 e. The zero-order valence-electron chi connectivity index (χ0n) is 12.0. The van der Waals surface area contributed by atoms with Crippen LogP contribution in [0.5, 0.6) is 0 Å². The average molecular weight is 256 g/mol. The first-order valence-electron chi connectivity index (χ1n) is 7.29. The van der Waals surface area contributed by atoms with Crippen molar-refractivity contribution in [3.05, 3.63) is 48.8 Å². The molecule has 19 heavy (non-hydrogen) atoms. The molecule has 2 aromatic rings. The first-order valence-corrected chi connectivity index (χ1v) is 7.29. The van der Waals surface area contributed by atoms with Crippen molar-refractivity contribution in [2.75, 3.05) is 5.32 Å². The van der Waals surface area contributed by atoms with Gasteiger partial charge in [-0.25, -0.2) is 0 Å². The number of nitrogens with one attached hydrogen (secondary N) is 1. The van der Waals surface area contributed by atoms with E-state index in [9.17, 15) is 0 Å². The van der Waals surface area contributed by atoms with E-state index in [1.54, 1.807) is 0 Å². The van der Waals surface area contributed by atoms with E-state index in [0.717, 1.165) is 0 Å². The van der Waals surface area contributed by atoms with Crippen molar-refractivity contribution in [2.45, 2.75) is 45.6 Å². The van der Waals surface area contributed by atoms with Crippen LogP contribution in [0.15, 0.2) is 48.8 Å². The third-order valence-corrected chi connectivity index (χ3v) is 3.40. The second-order valence-electron chi connectivity index (χ2n) is 5.18. The molecule has 1 heterocycles. The molecule has 0 bridgehead atoms. The lowest BCUT2D eigenvalue weighted by atomic mass is 10.1. The molecule has 1 aromatic heterocycles. The molecule has 0 radical (unpaired) electrons. The summed E-state index contributed by atoms with van der Waals surface area (Å²) >= 11 is 0. The van der Waals surface area contributed by atoms with Crippen LogP contribution in [0, 0.1) is 0 Å². The molecule has 1 aromatic carbocycles. The molecule has 102 valence electrons. The highest BCUT2D eigenvalue weighted by Crippen LogP contribution is 2.17. The van der Waals surface area contributed by atoms with Gasteiger partial charge in [0.2, 0.25) is 0 Å². The maximum absolute atomic E-state index is 3.59. The molecule has 0 amide bonds. The lowest BCUT2D eigenvalue weighted by Crippen LogP contribution is -2.14. The van der Waals surface area contributed by atoms with Gasteiger partial charge in [0.1, 0.15) is 0 Å². The van der Waals surface area contributed by atoms with Gasteiger partial charge in [-0.15, -0.1) is 0 Å². The van der Waals surface area contributed by atoms with Gasteiger partial charge >= 0.3 is 0 Å². The summed E-state index contributed by atoms with van der Waals surface area (Å²) < 4.78 is 2.13. The molecule has 2 nitrogen and oxygen atoms in total. The Bertz CT molecular complexity index is 474. The summed E-state index contributed by atoms with van der Waals surface area (Å²) in [6.07, 6.45) is 9.31. The number of hydrogen-bond acceptors (Lipinski definition) is 1. The summed E-state index contributed by atoms with van der Waals surface area (Å²) in [6, 6.07) is 13.2. The van der Waals surface area contributed by atoms with E-state index in [4.69, 9.17) is 0 Å². The van der Waals surface area contributed by atoms with Crippen LogP contribution in [0.1, 0.15) is 39.5 Å². The Balaban J connectivity index is 1.95. The Hall–Kier alpha value is -1.70. The SMILES string of the molecule is CCCCCC(C)Nc1cccc(-n2cccc2)c1. The second-order valence-corrected chi connectivity index (χ2v) is 5.18. The van der Waals surface area contributed by atoms with Gasteiger partial charge in [0.25, 0.3) is 0 Å². The first kappa shape index (κ1) is 13.7. The fourth-order valence-corrected chi connectivity index (χ4v) is 2.32. The van der Waals surface area contributed by atoms with Crippen LogP contribution < -0.4 is 5.32 Å². The summed E-state index contributed by atoms with van der Waals surface area (Å²) in [7, 11) is 0. The molecule has 0 saturated carbocycles. The van der Waals surface area contributed by atoms with Gasteiger partial charge in [0.05, 0.1) is 0 Å². The fraction of sp³-hybridized carbons (Fsp3) is 0.412. The number of anilines is 1. The highest BCUT2D eigenvalue weighted by Gasteiger charge is 2.03. The average Bonchev–Trinajstić information content (AvgIpc) is 2.93. The largest absolute Gasteiger partial charge is 0.383 e. The van der Waals surface area contributed by atoms with E-state index in [1.807, 2.05) is 12.1 Å². The van der Waals surface area contributed by atoms with Crippen LogP contribution in [0.25, 0.3) is 5.69 Å². The lowest BCUT2D eigenvalue weighted by molar-refractivity contribution is 0.615. The van der Waals surface area contributed by atoms with Crippen LogP contribution >= 0.6 is 0 Å². The van der Waals surface area contributed by atoms with Crippen molar-refractivity contribution in [3.63, 3.8) is 0 Å². The van der Waals surface area contributed by atoms with Crippen LogP contribution in [0.3, 0.4) is 0 Å². The highest BCUT2D eigenvalue weighted by atomic mass is 15.0. The van der Waals surface area contributed by atoms with Crippen molar-refractivity contribution < 1.29 is 0 Å². The monoisotopic (exact) mass is 256 g/mol. The molecule has 2 heteroatoms. The molecular formula is C17H24N2. The van der Waals surface area contributed by atoms with Crippen molar-refractivity contribution in [2.24, 2.45) is 0 Å². The molecule has 0 aliphatic rings. The minimum Gasteiger partial charge on any atom is -0.383 e. The van der Waals surface area contributed by atoms with E-state index >= 15 is 0 Å². The van der Waals surface area contributed by atoms with Gasteiger partial charge in [-0.05, 0) is 43.7 Å². The Morgan fingerprint density at radius 1 is 1.11 bits per heavy atom. The molecule has 2 rings (SSSR count). The van der Waals surface area contributed by atoms with Gasteiger partial charge < -0.3 is 9.88 Å². The van der Waals surface area contributed by atoms with Crippen LogP contribution in [0.2, 0.25) is 0 Å². The quantitative estimate of drug-likeness (QED) is 0.700. The predicted octanol–water partition coefficient (Wildman–Crippen LogP) is 4.86. The summed E-state index contributed by atoms with van der Waals surface area (Å²) in [5, 5.41) is 3.59. The summed E-state index contributed by atoms with van der Waals surface area (Å²) in [5.74, 6) is 0. The van der Waals surface area contributed by atoms with E-state index in [-0.39, 0.29) is 0 Å². The number of unbranched alkanes of at least 4 members (excludes halogenated alkanes) is 2. The molecule has 0 aliphatic carbocycles. The third kappa shape index (κ3) is 4.16. The Labute approximate surface area is 116 Å². The van der Waals surface area contributed by atoms with E-state index in [2.05, 4.69) is 60.4 Å². The standard InChI is InChI=1S/C17H24N2/c1-3-4-5-9-15(2)18-16-10-8-11-17(14-16)19-12-6-7-13-19/h6-8,10-15,18H,3-5,9H2,1-2H3. The second kappa shape index (κ2) is 7.03. The molecule has 0 aliphatic heterocycles. The summed E-state index contributed by atoms with van der Waals surface area (Å²) in [4.78, 5) is 0. The zero-order chi connectivity index (χ0) is 13.5. The molecule has 0 saturated heterocycles. The van der Waals surface area contributed by atoms with Gasteiger partial charge in [-0.2, -0.15) is 0 Å². The van der Waals surface area contributed by atoms with Crippen LogP contribution in [-0.2, 0) is 0 Å². The van der Waals surface area contributed by atoms with Gasteiger partial charge in [0.15, 0.2) is 0 Å². The minimum absolute atomic E-state index is 0.534. The normalized spacial score (nSPS) is 12.3. The third-order valence-electron chi connectivity index (χ3n) is 3.40. The van der Waals surface area contributed by atoms with Crippen LogP contribution in [0.4, 0.5) is 5.69 Å². The van der Waals surface area contributed by atoms with Crippen molar-refractivity contribution >= 4 is 5.69 Å². The van der Waals surface area contributed by atoms with E-state index in [1.165, 1.54) is 37.1 Å². The number of rotatable bonds is 7. The van der Waals surface area contributed by atoms with E-state index in [0.29, 0.717) is 6.04 Å². The maximum atomic E-state index is 3.59. The minimum atomic E-state index is 0.534. The van der Waals surface area contributed by atoms with Crippen molar-refractivity contribution in [1.82, 2.24) is 4.57 Å². The number of benzene rings is 1. The van der Waals surface area contributed by atoms with Gasteiger partial charge in [-0.3, -0.25) is 0 Å². The fourth-order valence-electron chi connectivity index (χ4n) is 2.32. The number of hydrogen-bond donors (Lipinski definition) is 1. The zero-order valence-corrected chi connectivity index (χ0v) is 12.0. The van der Waals surface area contributed by atoms with Crippen molar-refractivity contribution in [3.8, 4) is 5.69 Å². The van der Waals surface area contributed by atoms with Gasteiger partial charge in [0, 0.05) is 29.8 Å². The van der Waals surface area contributed by atoms with Crippen LogP contribution in [-0.4, -0.2) is 10.6 Å². The van der Waals surface area contributed by atoms with E-state index < -0.39 is 0 Å². The highest BCUT2D eigenvalue weighted by molar-refractivity contribution is 5.51. The molecular weight excluding hydrogens is 232 g/mol. The molecule has 1 N–H and O–H groups in total. The summed E-state index contributed by atoms with van der Waals surface area (Å²) in [6.45, 7) is 4.51. The molecule has 1 unspecified atom stereocenters. The summed E-state index contributed by atoms with van der Waals surface area (Å²) in [5.41, 5.74) is 2.41. The molecule has 0 fully saturated rings. The Morgan fingerprint density at radius 2 is 1.89 bits per heavy atom. The predicted molar refractivity (Wildman–Crippen MR) is 83.0 cm³/mol. The van der Waals surface area contributed by atoms with Gasteiger partial charge in [-0.1, -0.05) is 32.3 Å². The molecule has 0 spiro atoms.